The number of benzene rings is 3. The van der Waals surface area contributed by atoms with Crippen LogP contribution in [0.25, 0.3) is 0 Å². The molecule has 2 fully saturated rings. The summed E-state index contributed by atoms with van der Waals surface area (Å²) in [6, 6.07) is 29.0. The quantitative estimate of drug-likeness (QED) is 0.342. The lowest BCUT2D eigenvalue weighted by Gasteiger charge is -2.51. The van der Waals surface area contributed by atoms with Gasteiger partial charge in [-0.1, -0.05) is 73.7 Å². The smallest absolute Gasteiger partial charge is 0.119 e. The van der Waals surface area contributed by atoms with Gasteiger partial charge in [-0.3, -0.25) is 4.90 Å². The van der Waals surface area contributed by atoms with Gasteiger partial charge in [0.15, 0.2) is 0 Å². The predicted molar refractivity (Wildman–Crippen MR) is 148 cm³/mol. The second-order valence-electron chi connectivity index (χ2n) is 11.9. The van der Waals surface area contributed by atoms with Gasteiger partial charge >= 0.3 is 0 Å². The molecule has 0 amide bonds. The average molecular weight is 480 g/mol. The van der Waals surface area contributed by atoms with Crippen LogP contribution in [0, 0.1) is 23.2 Å². The molecule has 0 aromatic heterocycles. The minimum absolute atomic E-state index is 0.469. The minimum Gasteiger partial charge on any atom is -0.497 e. The molecular formula is C34H41NO. The van der Waals surface area contributed by atoms with Gasteiger partial charge in [0.1, 0.15) is 5.75 Å². The lowest BCUT2D eigenvalue weighted by Crippen LogP contribution is -2.44. The average Bonchev–Trinajstić information content (AvgIpc) is 3.25. The van der Waals surface area contributed by atoms with Gasteiger partial charge in [0.25, 0.3) is 0 Å². The van der Waals surface area contributed by atoms with Gasteiger partial charge in [-0.15, -0.1) is 0 Å². The highest BCUT2D eigenvalue weighted by Crippen LogP contribution is 2.63. The van der Waals surface area contributed by atoms with Crippen molar-refractivity contribution in [1.82, 2.24) is 4.90 Å². The van der Waals surface area contributed by atoms with Crippen LogP contribution < -0.4 is 4.74 Å². The molecule has 2 saturated carbocycles. The van der Waals surface area contributed by atoms with Crippen LogP contribution in [0.5, 0.6) is 5.75 Å². The van der Waals surface area contributed by atoms with Crippen molar-refractivity contribution in [2.75, 3.05) is 13.7 Å². The lowest BCUT2D eigenvalue weighted by molar-refractivity contribution is 0.0143. The second-order valence-corrected chi connectivity index (χ2v) is 11.9. The molecule has 0 spiro atoms. The summed E-state index contributed by atoms with van der Waals surface area (Å²) in [6.07, 6.45) is 8.11. The van der Waals surface area contributed by atoms with Gasteiger partial charge in [-0.25, -0.2) is 0 Å². The number of hydrogen-bond donors (Lipinski definition) is 0. The van der Waals surface area contributed by atoms with Crippen LogP contribution in [0.2, 0.25) is 0 Å². The van der Waals surface area contributed by atoms with Gasteiger partial charge in [0.05, 0.1) is 7.11 Å². The van der Waals surface area contributed by atoms with E-state index in [2.05, 4.69) is 90.7 Å². The van der Waals surface area contributed by atoms with Crippen LogP contribution >= 0.6 is 0 Å². The number of nitrogens with zero attached hydrogens (tertiary/aromatic N) is 1. The maximum atomic E-state index is 5.53. The number of hydrogen-bond acceptors (Lipinski definition) is 2. The Kier molecular flexibility index (Phi) is 6.65. The molecule has 6 rings (SSSR count). The fourth-order valence-corrected chi connectivity index (χ4v) is 8.27. The van der Waals surface area contributed by atoms with Crippen molar-refractivity contribution in [3.05, 3.63) is 101 Å². The molecule has 3 aliphatic carbocycles. The minimum atomic E-state index is 0.469. The molecule has 36 heavy (non-hydrogen) atoms. The van der Waals surface area contributed by atoms with E-state index in [1.54, 1.807) is 18.2 Å². The van der Waals surface area contributed by atoms with Crippen molar-refractivity contribution in [2.24, 2.45) is 23.2 Å². The highest BCUT2D eigenvalue weighted by Gasteiger charge is 2.54. The topological polar surface area (TPSA) is 12.5 Å². The molecule has 0 saturated heterocycles. The number of fused-ring (bicyclic) bond motifs is 5. The summed E-state index contributed by atoms with van der Waals surface area (Å²) in [5.74, 6) is 4.28. The van der Waals surface area contributed by atoms with Crippen molar-refractivity contribution in [3.8, 4) is 5.75 Å². The zero-order valence-electron chi connectivity index (χ0n) is 22.0. The molecule has 3 aliphatic rings. The molecule has 3 aromatic rings. The first kappa shape index (κ1) is 23.8. The Labute approximate surface area is 217 Å². The van der Waals surface area contributed by atoms with E-state index in [1.807, 2.05) is 0 Å². The number of methoxy groups -OCH3 is 1. The van der Waals surface area contributed by atoms with Crippen molar-refractivity contribution in [1.29, 1.82) is 0 Å². The van der Waals surface area contributed by atoms with Gasteiger partial charge in [-0.2, -0.15) is 0 Å². The van der Waals surface area contributed by atoms with E-state index in [9.17, 15) is 0 Å². The summed E-state index contributed by atoms with van der Waals surface area (Å²) in [6.45, 7) is 5.95. The zero-order valence-corrected chi connectivity index (χ0v) is 22.0. The Morgan fingerprint density at radius 1 is 0.833 bits per heavy atom. The van der Waals surface area contributed by atoms with E-state index >= 15 is 0 Å². The van der Waals surface area contributed by atoms with Crippen LogP contribution in [-0.4, -0.2) is 18.6 Å². The largest absolute Gasteiger partial charge is 0.497 e. The summed E-state index contributed by atoms with van der Waals surface area (Å²) in [5.41, 5.74) is 6.50. The number of rotatable bonds is 7. The van der Waals surface area contributed by atoms with Crippen LogP contribution in [0.3, 0.4) is 0 Å². The third kappa shape index (κ3) is 4.50. The normalized spacial score (nSPS) is 28.9. The molecule has 2 heteroatoms. The number of aryl methyl sites for hydroxylation is 1. The Bertz CT molecular complexity index is 1120. The summed E-state index contributed by atoms with van der Waals surface area (Å²) in [5, 5.41) is 0. The van der Waals surface area contributed by atoms with Gasteiger partial charge in [0, 0.05) is 19.6 Å². The highest BCUT2D eigenvalue weighted by molar-refractivity contribution is 5.40. The third-order valence-electron chi connectivity index (χ3n) is 10.1. The summed E-state index contributed by atoms with van der Waals surface area (Å²) in [4.78, 5) is 2.73. The van der Waals surface area contributed by atoms with Crippen LogP contribution in [0.15, 0.2) is 78.9 Å². The van der Waals surface area contributed by atoms with E-state index in [4.69, 9.17) is 4.74 Å². The fraction of sp³-hybridized carbons (Fsp3) is 0.471. The molecule has 0 unspecified atom stereocenters. The molecule has 3 aromatic carbocycles. The number of ether oxygens (including phenoxy) is 1. The van der Waals surface area contributed by atoms with E-state index in [-0.39, 0.29) is 0 Å². The molecule has 0 bridgehead atoms. The third-order valence-corrected chi connectivity index (χ3v) is 10.1. The summed E-state index contributed by atoms with van der Waals surface area (Å²) >= 11 is 0. The molecule has 188 valence electrons. The fourth-order valence-electron chi connectivity index (χ4n) is 8.27. The first-order chi connectivity index (χ1) is 17.6. The van der Waals surface area contributed by atoms with Gasteiger partial charge < -0.3 is 4.74 Å². The zero-order chi connectivity index (χ0) is 24.5. The van der Waals surface area contributed by atoms with Crippen molar-refractivity contribution >= 4 is 0 Å². The summed E-state index contributed by atoms with van der Waals surface area (Å²) < 4.78 is 5.53. The maximum absolute atomic E-state index is 5.53. The van der Waals surface area contributed by atoms with E-state index in [0.29, 0.717) is 5.41 Å². The standard InChI is InChI=1S/C34H41NO/c1-34-20-19-31-30-17-15-29(36-2)21-27(30)13-16-32(31)33(34)18-14-28(34)24-35(22-25-9-5-3-6-10-25)23-26-11-7-4-8-12-26/h3-12,15,17,21,28,31-33H,13-14,16,18-20,22-24H2,1-2H3/t28-,31-,32-,33+,34-/m1/s1. The monoisotopic (exact) mass is 479 g/mol. The SMILES string of the molecule is COc1ccc2c(c1)CC[C@@H]1[C@@H]2CC[C@]2(C)[C@@H](CN(Cc3ccccc3)Cc3ccccc3)CC[C@@H]12. The predicted octanol–water partition coefficient (Wildman–Crippen LogP) is 7.87. The Morgan fingerprint density at radius 2 is 1.53 bits per heavy atom. The maximum Gasteiger partial charge on any atom is 0.119 e. The van der Waals surface area contributed by atoms with E-state index in [1.165, 1.54) is 56.2 Å². The van der Waals surface area contributed by atoms with E-state index < -0.39 is 0 Å². The molecule has 0 aliphatic heterocycles. The molecule has 5 atom stereocenters. The summed E-state index contributed by atoms with van der Waals surface area (Å²) in [7, 11) is 1.79. The van der Waals surface area contributed by atoms with Crippen LogP contribution in [0.4, 0.5) is 0 Å². The van der Waals surface area contributed by atoms with Crippen LogP contribution in [0.1, 0.15) is 67.2 Å². The first-order valence-electron chi connectivity index (χ1n) is 14.1. The Morgan fingerprint density at radius 3 is 2.19 bits per heavy atom. The second kappa shape index (κ2) is 10.1. The van der Waals surface area contributed by atoms with E-state index in [0.717, 1.165) is 42.5 Å². The first-order valence-corrected chi connectivity index (χ1v) is 14.1. The molecule has 0 radical (unpaired) electrons. The molecule has 0 heterocycles. The van der Waals surface area contributed by atoms with Gasteiger partial charge in [-0.05, 0) is 102 Å². The highest BCUT2D eigenvalue weighted by atomic mass is 16.5. The van der Waals surface area contributed by atoms with Crippen LogP contribution in [-0.2, 0) is 19.5 Å². The lowest BCUT2D eigenvalue weighted by atomic mass is 9.54. The molecule has 0 N–H and O–H groups in total. The van der Waals surface area contributed by atoms with Crippen molar-refractivity contribution in [3.63, 3.8) is 0 Å². The van der Waals surface area contributed by atoms with Crippen molar-refractivity contribution in [2.45, 2.75) is 64.5 Å². The molecular weight excluding hydrogens is 438 g/mol. The molecule has 2 nitrogen and oxygen atoms in total. The van der Waals surface area contributed by atoms with Gasteiger partial charge in [0.2, 0.25) is 0 Å². The van der Waals surface area contributed by atoms with Crippen molar-refractivity contribution < 1.29 is 4.74 Å². The Hall–Kier alpha value is -2.58. The Balaban J connectivity index is 1.21.